The predicted octanol–water partition coefficient (Wildman–Crippen LogP) is 1.56. The predicted molar refractivity (Wildman–Crippen MR) is 80.5 cm³/mol. The van der Waals surface area contributed by atoms with Crippen LogP contribution >= 0.6 is 11.8 Å². The van der Waals surface area contributed by atoms with E-state index in [0.717, 1.165) is 5.75 Å². The monoisotopic (exact) mass is 311 g/mol. The molecule has 0 unspecified atom stereocenters. The fourth-order valence-electron chi connectivity index (χ4n) is 2.26. The van der Waals surface area contributed by atoms with Crippen LogP contribution in [0.3, 0.4) is 0 Å². The van der Waals surface area contributed by atoms with Gasteiger partial charge in [0.2, 0.25) is 0 Å². The number of H-pyrrole nitrogens is 1. The molecule has 1 aliphatic rings. The van der Waals surface area contributed by atoms with Gasteiger partial charge in [0.25, 0.3) is 5.56 Å². The lowest BCUT2D eigenvalue weighted by molar-refractivity contribution is 0.00818. The van der Waals surface area contributed by atoms with Crippen molar-refractivity contribution in [2.24, 2.45) is 5.11 Å². The molecule has 1 fully saturated rings. The van der Waals surface area contributed by atoms with Gasteiger partial charge in [-0.15, -0.1) is 0 Å². The molecule has 2 heterocycles. The second kappa shape index (κ2) is 6.84. The molecule has 1 N–H and O–H groups in total. The lowest BCUT2D eigenvalue weighted by Crippen LogP contribution is -2.33. The lowest BCUT2D eigenvalue weighted by atomic mass is 10.1. The number of ether oxygens (including phenoxy) is 1. The average Bonchev–Trinajstić information content (AvgIpc) is 2.84. The minimum atomic E-state index is -0.522. The first kappa shape index (κ1) is 15.7. The highest BCUT2D eigenvalue weighted by molar-refractivity contribution is 7.99. The highest BCUT2D eigenvalue weighted by Gasteiger charge is 2.35. The van der Waals surface area contributed by atoms with Gasteiger partial charge >= 0.3 is 5.69 Å². The summed E-state index contributed by atoms with van der Waals surface area (Å²) in [6, 6.07) is -0.307. The van der Waals surface area contributed by atoms with Crippen LogP contribution in [0.2, 0.25) is 0 Å². The topological polar surface area (TPSA) is 113 Å². The molecule has 0 aromatic carbocycles. The van der Waals surface area contributed by atoms with Crippen LogP contribution in [0.5, 0.6) is 0 Å². The molecule has 0 saturated carbocycles. The minimum Gasteiger partial charge on any atom is -0.353 e. The molecule has 9 heteroatoms. The number of aryl methyl sites for hydroxylation is 1. The third-order valence-electron chi connectivity index (χ3n) is 3.35. The molecule has 0 radical (unpaired) electrons. The maximum Gasteiger partial charge on any atom is 0.330 e. The Labute approximate surface area is 125 Å². The van der Waals surface area contributed by atoms with Crippen molar-refractivity contribution < 1.29 is 4.74 Å². The summed E-state index contributed by atoms with van der Waals surface area (Å²) >= 11 is 1.69. The quantitative estimate of drug-likeness (QED) is 0.505. The zero-order valence-corrected chi connectivity index (χ0v) is 12.7. The molecule has 1 aromatic heterocycles. The second-order valence-electron chi connectivity index (χ2n) is 4.78. The summed E-state index contributed by atoms with van der Waals surface area (Å²) in [6.07, 6.45) is 1.15. The van der Waals surface area contributed by atoms with Crippen molar-refractivity contribution in [2.45, 2.75) is 38.6 Å². The summed E-state index contributed by atoms with van der Waals surface area (Å²) in [5.41, 5.74) is 8.16. The minimum absolute atomic E-state index is 0.227. The lowest BCUT2D eigenvalue weighted by Gasteiger charge is -2.16. The summed E-state index contributed by atoms with van der Waals surface area (Å²) in [5, 5.41) is 3.76. The second-order valence-corrected chi connectivity index (χ2v) is 6.09. The van der Waals surface area contributed by atoms with Gasteiger partial charge in [0, 0.05) is 28.8 Å². The SMILES string of the molecule is CCSC[C@H]1O[C@@H](n2cc(C)c(=O)[nH]c2=O)C[C@@H]1N=[N+]=[N-]. The van der Waals surface area contributed by atoms with E-state index in [-0.39, 0.29) is 12.1 Å². The molecule has 0 bridgehead atoms. The van der Waals surface area contributed by atoms with Gasteiger partial charge in [0.15, 0.2) is 0 Å². The first-order chi connectivity index (χ1) is 10.1. The molecule has 1 aliphatic heterocycles. The van der Waals surface area contributed by atoms with Crippen molar-refractivity contribution in [3.05, 3.63) is 43.0 Å². The van der Waals surface area contributed by atoms with E-state index in [1.54, 1.807) is 18.7 Å². The Bertz CT molecular complexity index is 664. The van der Waals surface area contributed by atoms with E-state index in [9.17, 15) is 9.59 Å². The van der Waals surface area contributed by atoms with Crippen LogP contribution in [-0.4, -0.2) is 33.2 Å². The number of thioether (sulfide) groups is 1. The Morgan fingerprint density at radius 1 is 1.62 bits per heavy atom. The number of aromatic amines is 1. The van der Waals surface area contributed by atoms with E-state index in [4.69, 9.17) is 10.3 Å². The molecule has 0 spiro atoms. The molecule has 1 saturated heterocycles. The zero-order chi connectivity index (χ0) is 15.4. The molecular formula is C12H17N5O3S. The van der Waals surface area contributed by atoms with Crippen LogP contribution in [0.15, 0.2) is 20.9 Å². The highest BCUT2D eigenvalue weighted by atomic mass is 32.2. The fraction of sp³-hybridized carbons (Fsp3) is 0.667. The number of hydrogen-bond acceptors (Lipinski definition) is 5. The number of azide groups is 1. The van der Waals surface area contributed by atoms with Gasteiger partial charge < -0.3 is 4.74 Å². The van der Waals surface area contributed by atoms with Gasteiger partial charge in [-0.2, -0.15) is 11.8 Å². The summed E-state index contributed by atoms with van der Waals surface area (Å²) in [7, 11) is 0. The molecule has 8 nitrogen and oxygen atoms in total. The Morgan fingerprint density at radius 2 is 2.38 bits per heavy atom. The highest BCUT2D eigenvalue weighted by Crippen LogP contribution is 2.31. The molecule has 114 valence electrons. The zero-order valence-electron chi connectivity index (χ0n) is 11.9. The van der Waals surface area contributed by atoms with Crippen molar-refractivity contribution in [1.82, 2.24) is 9.55 Å². The molecule has 3 atom stereocenters. The van der Waals surface area contributed by atoms with Crippen molar-refractivity contribution >= 4 is 11.8 Å². The van der Waals surface area contributed by atoms with Crippen LogP contribution in [0.4, 0.5) is 0 Å². The van der Waals surface area contributed by atoms with E-state index in [1.165, 1.54) is 10.8 Å². The van der Waals surface area contributed by atoms with Crippen molar-refractivity contribution in [3.8, 4) is 0 Å². The van der Waals surface area contributed by atoms with Gasteiger partial charge in [0.1, 0.15) is 6.23 Å². The normalized spacial score (nSPS) is 24.8. The summed E-state index contributed by atoms with van der Waals surface area (Å²) in [6.45, 7) is 3.66. The van der Waals surface area contributed by atoms with Crippen LogP contribution in [0.1, 0.15) is 25.1 Å². The maximum absolute atomic E-state index is 11.9. The van der Waals surface area contributed by atoms with Crippen LogP contribution in [0.25, 0.3) is 10.4 Å². The van der Waals surface area contributed by atoms with E-state index in [1.807, 2.05) is 6.92 Å². The van der Waals surface area contributed by atoms with Crippen molar-refractivity contribution in [1.29, 1.82) is 0 Å². The van der Waals surface area contributed by atoms with E-state index >= 15 is 0 Å². The Kier molecular flexibility index (Phi) is 5.11. The Hall–Kier alpha value is -1.70. The molecule has 0 amide bonds. The summed E-state index contributed by atoms with van der Waals surface area (Å²) in [5.74, 6) is 1.64. The van der Waals surface area contributed by atoms with Gasteiger partial charge in [-0.1, -0.05) is 12.0 Å². The van der Waals surface area contributed by atoms with Gasteiger partial charge in [-0.3, -0.25) is 14.3 Å². The van der Waals surface area contributed by atoms with Gasteiger partial charge in [0.05, 0.1) is 12.1 Å². The third-order valence-corrected chi connectivity index (χ3v) is 4.32. The molecule has 0 aliphatic carbocycles. The number of hydrogen-bond donors (Lipinski definition) is 1. The molecule has 2 rings (SSSR count). The van der Waals surface area contributed by atoms with E-state index in [2.05, 4.69) is 15.0 Å². The van der Waals surface area contributed by atoms with Crippen LogP contribution in [0, 0.1) is 6.92 Å². The standard InChI is InChI=1S/C12H17N5O3S/c1-3-21-6-9-8(15-16-13)4-10(20-9)17-5-7(2)11(18)14-12(17)19/h5,8-10H,3-4,6H2,1-2H3,(H,14,18,19)/t8-,9+,10+/m0/s1. The Morgan fingerprint density at radius 3 is 3.05 bits per heavy atom. The van der Waals surface area contributed by atoms with Gasteiger partial charge in [-0.25, -0.2) is 4.79 Å². The van der Waals surface area contributed by atoms with Crippen molar-refractivity contribution in [3.63, 3.8) is 0 Å². The van der Waals surface area contributed by atoms with Gasteiger partial charge in [-0.05, 0) is 18.2 Å². The largest absolute Gasteiger partial charge is 0.353 e. The molecular weight excluding hydrogens is 294 g/mol. The number of rotatable bonds is 5. The van der Waals surface area contributed by atoms with Crippen molar-refractivity contribution in [2.75, 3.05) is 11.5 Å². The molecule has 1 aromatic rings. The molecule has 21 heavy (non-hydrogen) atoms. The fourth-order valence-corrected chi connectivity index (χ4v) is 3.03. The summed E-state index contributed by atoms with van der Waals surface area (Å²) in [4.78, 5) is 28.4. The van der Waals surface area contributed by atoms with E-state index < -0.39 is 17.5 Å². The number of nitrogens with zero attached hydrogens (tertiary/aromatic N) is 4. The first-order valence-corrected chi connectivity index (χ1v) is 7.81. The number of nitrogens with one attached hydrogen (secondary N) is 1. The number of aromatic nitrogens is 2. The Balaban J connectivity index is 2.26. The third kappa shape index (κ3) is 3.49. The average molecular weight is 311 g/mol. The smallest absolute Gasteiger partial charge is 0.330 e. The van der Waals surface area contributed by atoms with Crippen LogP contribution < -0.4 is 11.2 Å². The summed E-state index contributed by atoms with van der Waals surface area (Å²) < 4.78 is 7.20. The first-order valence-electron chi connectivity index (χ1n) is 6.66. The van der Waals surface area contributed by atoms with E-state index in [0.29, 0.717) is 17.7 Å². The maximum atomic E-state index is 11.9. The van der Waals surface area contributed by atoms with Crippen LogP contribution in [-0.2, 0) is 4.74 Å².